The molecule has 0 atom stereocenters. The van der Waals surface area contributed by atoms with E-state index in [1.165, 1.54) is 41.5 Å². The number of thiophene rings is 1. The van der Waals surface area contributed by atoms with Crippen molar-refractivity contribution in [3.05, 3.63) is 16.8 Å². The van der Waals surface area contributed by atoms with Crippen molar-refractivity contribution >= 4 is 39.3 Å². The van der Waals surface area contributed by atoms with Crippen LogP contribution in [0.25, 0.3) is 10.2 Å². The average molecular weight is 423 g/mol. The van der Waals surface area contributed by atoms with Crippen LogP contribution >= 0.6 is 11.3 Å². The van der Waals surface area contributed by atoms with Crippen LogP contribution in [0.15, 0.2) is 6.33 Å². The van der Waals surface area contributed by atoms with E-state index in [0.717, 1.165) is 56.5 Å². The molecule has 0 spiro atoms. The second-order valence-corrected chi connectivity index (χ2v) is 8.04. The number of carboxylic acid groups (broad SMARTS) is 2. The lowest BCUT2D eigenvalue weighted by atomic mass is 9.97. The Morgan fingerprint density at radius 1 is 1.14 bits per heavy atom. The van der Waals surface area contributed by atoms with Gasteiger partial charge in [0.15, 0.2) is 0 Å². The highest BCUT2D eigenvalue weighted by Crippen LogP contribution is 2.38. The molecule has 10 heteroatoms. The highest BCUT2D eigenvalue weighted by Gasteiger charge is 2.19. The van der Waals surface area contributed by atoms with Gasteiger partial charge >= 0.3 is 11.9 Å². The molecule has 0 bridgehead atoms. The average Bonchev–Trinajstić information content (AvgIpc) is 3.12. The summed E-state index contributed by atoms with van der Waals surface area (Å²) in [5, 5.41) is 19.6. The summed E-state index contributed by atoms with van der Waals surface area (Å²) in [5.74, 6) is -2.61. The number of aliphatic carboxylic acids is 2. The number of nitrogens with one attached hydrogen (secondary N) is 1. The van der Waals surface area contributed by atoms with Crippen molar-refractivity contribution in [3.63, 3.8) is 0 Å². The van der Waals surface area contributed by atoms with Crippen molar-refractivity contribution in [3.8, 4) is 0 Å². The first-order valence-electron chi connectivity index (χ1n) is 9.81. The first kappa shape index (κ1) is 21.4. The number of hydrogen-bond donors (Lipinski definition) is 3. The molecule has 0 saturated carbocycles. The Hall–Kier alpha value is -2.30. The van der Waals surface area contributed by atoms with E-state index in [9.17, 15) is 0 Å². The molecular formula is C19H26N4O5S. The molecule has 0 aromatic carbocycles. The van der Waals surface area contributed by atoms with Crippen LogP contribution in [0.3, 0.4) is 0 Å². The lowest BCUT2D eigenvalue weighted by Gasteiger charge is -2.26. The third kappa shape index (κ3) is 5.84. The lowest BCUT2D eigenvalue weighted by molar-refractivity contribution is -0.159. The Morgan fingerprint density at radius 3 is 2.59 bits per heavy atom. The van der Waals surface area contributed by atoms with E-state index in [-0.39, 0.29) is 0 Å². The monoisotopic (exact) mass is 422 g/mol. The quantitative estimate of drug-likeness (QED) is 0.489. The van der Waals surface area contributed by atoms with Crippen LogP contribution in [0.5, 0.6) is 0 Å². The molecule has 2 aromatic rings. The molecule has 0 unspecified atom stereocenters. The summed E-state index contributed by atoms with van der Waals surface area (Å²) in [6, 6.07) is 0. The third-order valence-electron chi connectivity index (χ3n) is 4.98. The van der Waals surface area contributed by atoms with Gasteiger partial charge in [-0.25, -0.2) is 19.6 Å². The number of ether oxygens (including phenoxy) is 1. The molecule has 4 rings (SSSR count). The fourth-order valence-electron chi connectivity index (χ4n) is 3.56. The zero-order valence-electron chi connectivity index (χ0n) is 16.2. The normalized spacial score (nSPS) is 16.6. The fraction of sp³-hybridized carbons (Fsp3) is 0.579. The van der Waals surface area contributed by atoms with E-state index in [1.54, 1.807) is 6.33 Å². The van der Waals surface area contributed by atoms with Gasteiger partial charge in [0.1, 0.15) is 17.0 Å². The summed E-state index contributed by atoms with van der Waals surface area (Å²) < 4.78 is 5.39. The number of carboxylic acids is 2. The minimum atomic E-state index is -1.82. The Kier molecular flexibility index (Phi) is 7.73. The van der Waals surface area contributed by atoms with Gasteiger partial charge in [-0.1, -0.05) is 0 Å². The SMILES string of the molecule is O=C(O)C(=O)O.c1nc(NCCCN2CCOCC2)c2c3c(sc2n1)CCCC3. The smallest absolute Gasteiger partial charge is 0.414 e. The molecule has 1 fully saturated rings. The van der Waals surface area contributed by atoms with Crippen molar-refractivity contribution in [1.29, 1.82) is 0 Å². The third-order valence-corrected chi connectivity index (χ3v) is 6.18. The summed E-state index contributed by atoms with van der Waals surface area (Å²) in [6.07, 6.45) is 7.85. The van der Waals surface area contributed by atoms with Crippen molar-refractivity contribution < 1.29 is 24.5 Å². The maximum absolute atomic E-state index is 9.10. The molecule has 2 aromatic heterocycles. The Morgan fingerprint density at radius 2 is 1.86 bits per heavy atom. The van der Waals surface area contributed by atoms with E-state index < -0.39 is 11.9 Å². The van der Waals surface area contributed by atoms with E-state index in [2.05, 4.69) is 20.2 Å². The van der Waals surface area contributed by atoms with E-state index >= 15 is 0 Å². The number of rotatable bonds is 5. The van der Waals surface area contributed by atoms with Gasteiger partial charge < -0.3 is 20.3 Å². The summed E-state index contributed by atoms with van der Waals surface area (Å²) >= 11 is 1.86. The van der Waals surface area contributed by atoms with Crippen molar-refractivity contribution in [1.82, 2.24) is 14.9 Å². The van der Waals surface area contributed by atoms with Crippen LogP contribution in [0, 0.1) is 0 Å². The number of fused-ring (bicyclic) bond motifs is 3. The molecular weight excluding hydrogens is 396 g/mol. The minimum Gasteiger partial charge on any atom is -0.473 e. The van der Waals surface area contributed by atoms with Crippen molar-refractivity contribution in [2.75, 3.05) is 44.7 Å². The Balaban J connectivity index is 0.000000353. The van der Waals surface area contributed by atoms with E-state index in [4.69, 9.17) is 24.5 Å². The van der Waals surface area contributed by atoms with Gasteiger partial charge in [0.2, 0.25) is 0 Å². The predicted molar refractivity (Wildman–Crippen MR) is 110 cm³/mol. The number of morpholine rings is 1. The van der Waals surface area contributed by atoms with Crippen molar-refractivity contribution in [2.45, 2.75) is 32.1 Å². The van der Waals surface area contributed by atoms with Gasteiger partial charge in [-0.05, 0) is 44.2 Å². The number of aromatic nitrogens is 2. The van der Waals surface area contributed by atoms with Crippen LogP contribution in [0.2, 0.25) is 0 Å². The van der Waals surface area contributed by atoms with Gasteiger partial charge in [0.25, 0.3) is 0 Å². The molecule has 2 aliphatic rings. The highest BCUT2D eigenvalue weighted by atomic mass is 32.1. The van der Waals surface area contributed by atoms with E-state index in [1.807, 2.05) is 11.3 Å². The topological polar surface area (TPSA) is 125 Å². The van der Waals surface area contributed by atoms with Gasteiger partial charge in [0, 0.05) is 24.5 Å². The molecule has 0 radical (unpaired) electrons. The molecule has 3 N–H and O–H groups in total. The maximum Gasteiger partial charge on any atom is 0.414 e. The number of carbonyl (C=O) groups is 2. The second-order valence-electron chi connectivity index (χ2n) is 6.96. The summed E-state index contributed by atoms with van der Waals surface area (Å²) in [5.41, 5.74) is 1.51. The summed E-state index contributed by atoms with van der Waals surface area (Å²) in [4.78, 5) is 32.4. The molecule has 3 heterocycles. The van der Waals surface area contributed by atoms with Gasteiger partial charge in [-0.3, -0.25) is 4.90 Å². The molecule has 1 aliphatic heterocycles. The van der Waals surface area contributed by atoms with Gasteiger partial charge in [-0.2, -0.15) is 0 Å². The Bertz CT molecular complexity index is 838. The molecule has 0 amide bonds. The largest absolute Gasteiger partial charge is 0.473 e. The number of aryl methyl sites for hydroxylation is 2. The number of anilines is 1. The maximum atomic E-state index is 9.10. The summed E-state index contributed by atoms with van der Waals surface area (Å²) in [6.45, 7) is 5.98. The zero-order chi connectivity index (χ0) is 20.6. The van der Waals surface area contributed by atoms with Crippen LogP contribution in [-0.2, 0) is 27.2 Å². The van der Waals surface area contributed by atoms with Gasteiger partial charge in [-0.15, -0.1) is 11.3 Å². The first-order valence-corrected chi connectivity index (χ1v) is 10.6. The minimum absolute atomic E-state index is 0.876. The number of hydrogen-bond acceptors (Lipinski definition) is 8. The molecule has 158 valence electrons. The summed E-state index contributed by atoms with van der Waals surface area (Å²) in [7, 11) is 0. The number of nitrogens with zero attached hydrogens (tertiary/aromatic N) is 3. The highest BCUT2D eigenvalue weighted by molar-refractivity contribution is 7.19. The van der Waals surface area contributed by atoms with Crippen LogP contribution in [0.4, 0.5) is 5.82 Å². The van der Waals surface area contributed by atoms with Crippen molar-refractivity contribution in [2.24, 2.45) is 0 Å². The molecule has 9 nitrogen and oxygen atoms in total. The molecule has 1 aliphatic carbocycles. The molecule has 29 heavy (non-hydrogen) atoms. The Labute approximate surface area is 172 Å². The van der Waals surface area contributed by atoms with E-state index in [0.29, 0.717) is 0 Å². The van der Waals surface area contributed by atoms with Crippen LogP contribution in [-0.4, -0.2) is 76.4 Å². The van der Waals surface area contributed by atoms with Crippen LogP contribution in [0.1, 0.15) is 29.7 Å². The fourth-order valence-corrected chi connectivity index (χ4v) is 4.79. The molecule has 1 saturated heterocycles. The standard InChI is InChI=1S/C17H24N4OS.C2H2O4/c1-2-5-14-13(4-1)15-16(19-12-20-17(15)23-14)18-6-3-7-21-8-10-22-11-9-21;3-1(4)2(5)6/h12H,1-11H2,(H,18,19,20);(H,3,4)(H,5,6). The first-order chi connectivity index (χ1) is 14.1. The lowest BCUT2D eigenvalue weighted by Crippen LogP contribution is -2.37. The predicted octanol–water partition coefficient (Wildman–Crippen LogP) is 1.86. The second kappa shape index (κ2) is 10.5. The zero-order valence-corrected chi connectivity index (χ0v) is 17.0. The van der Waals surface area contributed by atoms with Gasteiger partial charge in [0.05, 0.1) is 18.6 Å². The van der Waals surface area contributed by atoms with Crippen LogP contribution < -0.4 is 5.32 Å².